The third-order valence-corrected chi connectivity index (χ3v) is 6.18. The molecule has 9 heteroatoms. The van der Waals surface area contributed by atoms with Crippen LogP contribution in [0.15, 0.2) is 59.5 Å². The maximum Gasteiger partial charge on any atom is 0.254 e. The lowest BCUT2D eigenvalue weighted by Crippen LogP contribution is -2.46. The monoisotopic (exact) mass is 431 g/mol. The normalized spacial score (nSPS) is 14.4. The number of rotatable bonds is 7. The van der Waals surface area contributed by atoms with Gasteiger partial charge in [-0.25, -0.2) is 13.1 Å². The Kier molecular flexibility index (Phi) is 7.20. The number of carbonyl (C=O) groups excluding carboxylic acids is 2. The number of morpholine rings is 1. The third-order valence-electron chi connectivity index (χ3n) is 4.78. The van der Waals surface area contributed by atoms with Gasteiger partial charge in [-0.15, -0.1) is 0 Å². The van der Waals surface area contributed by atoms with Crippen molar-refractivity contribution in [3.05, 3.63) is 65.7 Å². The van der Waals surface area contributed by atoms with E-state index in [1.54, 1.807) is 4.90 Å². The third kappa shape index (κ3) is 5.65. The van der Waals surface area contributed by atoms with E-state index in [0.717, 1.165) is 5.56 Å². The van der Waals surface area contributed by atoms with E-state index in [4.69, 9.17) is 4.74 Å². The summed E-state index contributed by atoms with van der Waals surface area (Å²) in [5.41, 5.74) is 1.03. The average molecular weight is 432 g/mol. The maximum absolute atomic E-state index is 12.7. The van der Waals surface area contributed by atoms with Gasteiger partial charge in [0, 0.05) is 32.2 Å². The van der Waals surface area contributed by atoms with Gasteiger partial charge in [-0.1, -0.05) is 36.4 Å². The number of hydrogen-bond donors (Lipinski definition) is 1. The fraction of sp³-hybridized carbons (Fsp3) is 0.333. The zero-order chi connectivity index (χ0) is 21.6. The van der Waals surface area contributed by atoms with E-state index in [-0.39, 0.29) is 29.5 Å². The Morgan fingerprint density at radius 2 is 1.77 bits per heavy atom. The number of benzene rings is 2. The summed E-state index contributed by atoms with van der Waals surface area (Å²) < 4.78 is 33.0. The van der Waals surface area contributed by atoms with E-state index in [9.17, 15) is 18.0 Å². The molecule has 1 aliphatic heterocycles. The Morgan fingerprint density at radius 3 is 2.47 bits per heavy atom. The first-order valence-electron chi connectivity index (χ1n) is 9.61. The lowest BCUT2D eigenvalue weighted by Gasteiger charge is -2.28. The number of nitrogens with one attached hydrogen (secondary N) is 1. The predicted molar refractivity (Wildman–Crippen MR) is 111 cm³/mol. The second-order valence-corrected chi connectivity index (χ2v) is 8.76. The molecule has 3 rings (SSSR count). The number of sulfonamides is 1. The van der Waals surface area contributed by atoms with E-state index in [0.29, 0.717) is 26.3 Å². The van der Waals surface area contributed by atoms with Crippen LogP contribution in [0.3, 0.4) is 0 Å². The average Bonchev–Trinajstić information content (AvgIpc) is 2.78. The number of amides is 2. The Hall–Kier alpha value is -2.75. The first-order valence-corrected chi connectivity index (χ1v) is 11.1. The highest BCUT2D eigenvalue weighted by Gasteiger charge is 2.22. The summed E-state index contributed by atoms with van der Waals surface area (Å²) in [6.07, 6.45) is 0. The van der Waals surface area contributed by atoms with Gasteiger partial charge in [-0.05, 0) is 23.8 Å². The quantitative estimate of drug-likeness (QED) is 0.708. The van der Waals surface area contributed by atoms with E-state index in [1.807, 2.05) is 30.3 Å². The Labute approximate surface area is 176 Å². The van der Waals surface area contributed by atoms with Crippen molar-refractivity contribution in [3.8, 4) is 0 Å². The Balaban J connectivity index is 1.65. The van der Waals surface area contributed by atoms with Crippen molar-refractivity contribution in [3.63, 3.8) is 0 Å². The van der Waals surface area contributed by atoms with Crippen LogP contribution in [0.5, 0.6) is 0 Å². The van der Waals surface area contributed by atoms with Crippen LogP contribution >= 0.6 is 0 Å². The number of carbonyl (C=O) groups is 2. The van der Waals surface area contributed by atoms with E-state index < -0.39 is 15.9 Å². The van der Waals surface area contributed by atoms with Crippen LogP contribution < -0.4 is 4.72 Å². The van der Waals surface area contributed by atoms with Crippen molar-refractivity contribution in [2.45, 2.75) is 11.4 Å². The van der Waals surface area contributed by atoms with Gasteiger partial charge in [0.1, 0.15) is 0 Å². The molecule has 2 amide bonds. The van der Waals surface area contributed by atoms with Crippen LogP contribution in [-0.4, -0.2) is 69.9 Å². The number of nitrogens with zero attached hydrogens (tertiary/aromatic N) is 2. The molecular formula is C21H25N3O5S. The molecule has 0 atom stereocenters. The highest BCUT2D eigenvalue weighted by Crippen LogP contribution is 2.14. The first kappa shape index (κ1) is 21.9. The molecule has 1 heterocycles. The van der Waals surface area contributed by atoms with E-state index >= 15 is 0 Å². The lowest BCUT2D eigenvalue weighted by atomic mass is 10.2. The maximum atomic E-state index is 12.7. The topological polar surface area (TPSA) is 96.0 Å². The Morgan fingerprint density at radius 1 is 1.07 bits per heavy atom. The minimum absolute atomic E-state index is 0.00260. The van der Waals surface area contributed by atoms with Crippen LogP contribution in [0.2, 0.25) is 0 Å². The smallest absolute Gasteiger partial charge is 0.254 e. The van der Waals surface area contributed by atoms with Crippen molar-refractivity contribution in [2.75, 3.05) is 39.9 Å². The molecule has 160 valence electrons. The molecule has 2 aromatic rings. The fourth-order valence-corrected chi connectivity index (χ4v) is 4.12. The van der Waals surface area contributed by atoms with Gasteiger partial charge in [0.15, 0.2) is 0 Å². The lowest BCUT2D eigenvalue weighted by molar-refractivity contribution is -0.135. The van der Waals surface area contributed by atoms with Crippen molar-refractivity contribution in [1.82, 2.24) is 14.5 Å². The van der Waals surface area contributed by atoms with E-state index in [2.05, 4.69) is 4.72 Å². The van der Waals surface area contributed by atoms with Gasteiger partial charge >= 0.3 is 0 Å². The zero-order valence-corrected chi connectivity index (χ0v) is 17.6. The molecule has 0 aromatic heterocycles. The summed E-state index contributed by atoms with van der Waals surface area (Å²) in [5.74, 6) is -0.584. The summed E-state index contributed by atoms with van der Waals surface area (Å²) in [6, 6.07) is 15.0. The second kappa shape index (κ2) is 9.84. The van der Waals surface area contributed by atoms with Gasteiger partial charge < -0.3 is 14.5 Å². The summed E-state index contributed by atoms with van der Waals surface area (Å²) in [5, 5.41) is 0. The molecule has 0 bridgehead atoms. The minimum atomic E-state index is -3.79. The van der Waals surface area contributed by atoms with Gasteiger partial charge in [0.05, 0.1) is 24.7 Å². The molecule has 2 aromatic carbocycles. The molecule has 1 fully saturated rings. The SMILES string of the molecule is CN(CC(=O)N1CCOCC1)C(=O)c1cccc(S(=O)(=O)NCc2ccccc2)c1. The molecule has 0 spiro atoms. The van der Waals surface area contributed by atoms with Crippen LogP contribution in [0.25, 0.3) is 0 Å². The van der Waals surface area contributed by atoms with Crippen LogP contribution in [0.1, 0.15) is 15.9 Å². The van der Waals surface area contributed by atoms with Gasteiger partial charge in [0.25, 0.3) is 5.91 Å². The van der Waals surface area contributed by atoms with Crippen LogP contribution in [0.4, 0.5) is 0 Å². The molecule has 30 heavy (non-hydrogen) atoms. The summed E-state index contributed by atoms with van der Waals surface area (Å²) in [6.45, 7) is 2.04. The summed E-state index contributed by atoms with van der Waals surface area (Å²) in [4.78, 5) is 28.0. The minimum Gasteiger partial charge on any atom is -0.378 e. The number of likely N-dealkylation sites (N-methyl/N-ethyl adjacent to an activating group) is 1. The highest BCUT2D eigenvalue weighted by molar-refractivity contribution is 7.89. The van der Waals surface area contributed by atoms with Crippen molar-refractivity contribution >= 4 is 21.8 Å². The predicted octanol–water partition coefficient (Wildman–Crippen LogP) is 1.10. The molecule has 1 N–H and O–H groups in total. The van der Waals surface area contributed by atoms with Crippen LogP contribution in [0, 0.1) is 0 Å². The van der Waals surface area contributed by atoms with E-state index in [1.165, 1.54) is 36.2 Å². The summed E-state index contributed by atoms with van der Waals surface area (Å²) in [7, 11) is -2.27. The van der Waals surface area contributed by atoms with Gasteiger partial charge in [0.2, 0.25) is 15.9 Å². The Bertz CT molecular complexity index is 989. The zero-order valence-electron chi connectivity index (χ0n) is 16.8. The molecule has 0 unspecified atom stereocenters. The van der Waals surface area contributed by atoms with Crippen LogP contribution in [-0.2, 0) is 26.1 Å². The first-order chi connectivity index (χ1) is 14.4. The molecular weight excluding hydrogens is 406 g/mol. The molecule has 0 radical (unpaired) electrons. The molecule has 0 aliphatic carbocycles. The molecule has 1 aliphatic rings. The van der Waals surface area contributed by atoms with Crippen molar-refractivity contribution < 1.29 is 22.7 Å². The van der Waals surface area contributed by atoms with Crippen molar-refractivity contribution in [2.24, 2.45) is 0 Å². The highest BCUT2D eigenvalue weighted by atomic mass is 32.2. The fourth-order valence-electron chi connectivity index (χ4n) is 3.06. The van der Waals surface area contributed by atoms with Gasteiger partial charge in [-0.2, -0.15) is 0 Å². The number of hydrogen-bond acceptors (Lipinski definition) is 5. The molecule has 0 saturated carbocycles. The van der Waals surface area contributed by atoms with Gasteiger partial charge in [-0.3, -0.25) is 9.59 Å². The summed E-state index contributed by atoms with van der Waals surface area (Å²) >= 11 is 0. The standard InChI is InChI=1S/C21H25N3O5S/c1-23(16-20(25)24-10-12-29-13-11-24)21(26)18-8-5-9-19(14-18)30(27,28)22-15-17-6-3-2-4-7-17/h2-9,14,22H,10-13,15-16H2,1H3. The number of ether oxygens (including phenoxy) is 1. The molecule has 1 saturated heterocycles. The largest absolute Gasteiger partial charge is 0.378 e. The van der Waals surface area contributed by atoms with Crippen molar-refractivity contribution in [1.29, 1.82) is 0 Å². The second-order valence-electron chi connectivity index (χ2n) is 6.99. The molecule has 8 nitrogen and oxygen atoms in total.